The third-order valence-electron chi connectivity index (χ3n) is 3.18. The molecule has 4 heteroatoms. The highest BCUT2D eigenvalue weighted by molar-refractivity contribution is 6.30. The van der Waals surface area contributed by atoms with Gasteiger partial charge in [0.2, 0.25) is 0 Å². The van der Waals surface area contributed by atoms with Crippen LogP contribution >= 0.6 is 11.6 Å². The number of hydrogen-bond acceptors (Lipinski definition) is 2. The Labute approximate surface area is 107 Å². The molecule has 0 atom stereocenters. The molecule has 2 nitrogen and oxygen atoms in total. The molecule has 1 N–H and O–H groups in total. The van der Waals surface area contributed by atoms with Gasteiger partial charge in [0.05, 0.1) is 0 Å². The molecule has 1 fully saturated rings. The summed E-state index contributed by atoms with van der Waals surface area (Å²) in [7, 11) is 0. The smallest absolute Gasteiger partial charge is 0.129 e. The monoisotopic (exact) mass is 256 g/mol. The third kappa shape index (κ3) is 3.18. The van der Waals surface area contributed by atoms with E-state index in [2.05, 4.69) is 17.1 Å². The molecule has 1 aliphatic heterocycles. The Morgan fingerprint density at radius 2 is 2.24 bits per heavy atom. The van der Waals surface area contributed by atoms with Crippen LogP contribution in [-0.2, 0) is 6.54 Å². The maximum atomic E-state index is 13.7. The van der Waals surface area contributed by atoms with Gasteiger partial charge in [0.25, 0.3) is 0 Å². The predicted octanol–water partition coefficient (Wildman–Crippen LogP) is 2.66. The van der Waals surface area contributed by atoms with Crippen LogP contribution in [-0.4, -0.2) is 30.6 Å². The zero-order chi connectivity index (χ0) is 12.3. The molecule has 0 saturated carbocycles. The molecule has 1 aromatic rings. The summed E-state index contributed by atoms with van der Waals surface area (Å²) in [6.45, 7) is 5.85. The zero-order valence-corrected chi connectivity index (χ0v) is 10.8. The average Bonchev–Trinajstić information content (AvgIpc) is 2.20. The minimum atomic E-state index is -0.203. The Hall–Kier alpha value is -0.640. The molecule has 0 spiro atoms. The van der Waals surface area contributed by atoms with E-state index in [9.17, 15) is 4.39 Å². The largest absolute Gasteiger partial charge is 0.314 e. The first kappa shape index (κ1) is 12.8. The highest BCUT2D eigenvalue weighted by atomic mass is 35.5. The van der Waals surface area contributed by atoms with E-state index in [4.69, 9.17) is 11.6 Å². The van der Waals surface area contributed by atoms with E-state index < -0.39 is 0 Å². The molecule has 0 aliphatic carbocycles. The fourth-order valence-corrected chi connectivity index (χ4v) is 2.24. The maximum Gasteiger partial charge on any atom is 0.129 e. The van der Waals surface area contributed by atoms with E-state index in [0.29, 0.717) is 17.6 Å². The number of benzene rings is 1. The quantitative estimate of drug-likeness (QED) is 0.871. The number of rotatable bonds is 5. The molecular formula is C13H18ClFN2. The van der Waals surface area contributed by atoms with Crippen LogP contribution in [0.2, 0.25) is 5.02 Å². The third-order valence-corrected chi connectivity index (χ3v) is 3.41. The van der Waals surface area contributed by atoms with Gasteiger partial charge in [-0.25, -0.2) is 4.39 Å². The summed E-state index contributed by atoms with van der Waals surface area (Å²) >= 11 is 5.75. The van der Waals surface area contributed by atoms with Crippen molar-refractivity contribution >= 4 is 11.6 Å². The summed E-state index contributed by atoms with van der Waals surface area (Å²) in [5, 5.41) is 3.71. The Morgan fingerprint density at radius 3 is 2.76 bits per heavy atom. The van der Waals surface area contributed by atoms with Crippen molar-refractivity contribution in [2.75, 3.05) is 19.6 Å². The average molecular weight is 257 g/mol. The van der Waals surface area contributed by atoms with Crippen molar-refractivity contribution in [2.45, 2.75) is 25.9 Å². The summed E-state index contributed by atoms with van der Waals surface area (Å²) < 4.78 is 13.7. The lowest BCUT2D eigenvalue weighted by Gasteiger charge is -2.38. The van der Waals surface area contributed by atoms with E-state index in [1.165, 1.54) is 6.07 Å². The maximum absolute atomic E-state index is 13.7. The second-order valence-electron chi connectivity index (χ2n) is 4.52. The summed E-state index contributed by atoms with van der Waals surface area (Å²) in [6, 6.07) is 5.47. The molecule has 1 aromatic carbocycles. The van der Waals surface area contributed by atoms with Crippen molar-refractivity contribution in [1.82, 2.24) is 10.2 Å². The first-order valence-corrected chi connectivity index (χ1v) is 6.47. The second kappa shape index (κ2) is 5.80. The van der Waals surface area contributed by atoms with Gasteiger partial charge >= 0.3 is 0 Å². The lowest BCUT2D eigenvalue weighted by Crippen LogP contribution is -2.57. The van der Waals surface area contributed by atoms with Crippen LogP contribution in [0.1, 0.15) is 18.9 Å². The van der Waals surface area contributed by atoms with Crippen molar-refractivity contribution in [3.63, 3.8) is 0 Å². The molecule has 1 saturated heterocycles. The molecule has 0 unspecified atom stereocenters. The van der Waals surface area contributed by atoms with E-state index in [1.54, 1.807) is 12.1 Å². The fraction of sp³-hybridized carbons (Fsp3) is 0.538. The Bertz CT molecular complexity index is 380. The lowest BCUT2D eigenvalue weighted by atomic mass is 10.1. The molecular weight excluding hydrogens is 239 g/mol. The van der Waals surface area contributed by atoms with Gasteiger partial charge in [-0.2, -0.15) is 0 Å². The van der Waals surface area contributed by atoms with Crippen molar-refractivity contribution in [1.29, 1.82) is 0 Å². The van der Waals surface area contributed by atoms with E-state index in [1.807, 2.05) is 0 Å². The van der Waals surface area contributed by atoms with Crippen LogP contribution in [0.3, 0.4) is 0 Å². The Balaban J connectivity index is 2.05. The molecule has 0 amide bonds. The van der Waals surface area contributed by atoms with Gasteiger partial charge in [0.1, 0.15) is 5.82 Å². The predicted molar refractivity (Wildman–Crippen MR) is 68.8 cm³/mol. The van der Waals surface area contributed by atoms with Crippen molar-refractivity contribution < 1.29 is 4.39 Å². The van der Waals surface area contributed by atoms with E-state index >= 15 is 0 Å². The van der Waals surface area contributed by atoms with Gasteiger partial charge in [-0.15, -0.1) is 0 Å². The molecule has 1 heterocycles. The number of hydrogen-bond donors (Lipinski definition) is 1. The van der Waals surface area contributed by atoms with Crippen molar-refractivity contribution in [3.8, 4) is 0 Å². The highest BCUT2D eigenvalue weighted by Gasteiger charge is 2.24. The first-order valence-electron chi connectivity index (χ1n) is 6.09. The van der Waals surface area contributed by atoms with Gasteiger partial charge in [-0.1, -0.05) is 24.6 Å². The van der Waals surface area contributed by atoms with Crippen LogP contribution in [0.5, 0.6) is 0 Å². The molecule has 2 rings (SSSR count). The van der Waals surface area contributed by atoms with Gasteiger partial charge < -0.3 is 5.32 Å². The summed E-state index contributed by atoms with van der Waals surface area (Å²) in [6.07, 6.45) is 1.09. The summed E-state index contributed by atoms with van der Waals surface area (Å²) in [5.74, 6) is -0.203. The van der Waals surface area contributed by atoms with Crippen molar-refractivity contribution in [3.05, 3.63) is 34.6 Å². The van der Waals surface area contributed by atoms with E-state index in [-0.39, 0.29) is 5.82 Å². The van der Waals surface area contributed by atoms with Gasteiger partial charge in [0, 0.05) is 36.3 Å². The Kier molecular flexibility index (Phi) is 4.37. The minimum absolute atomic E-state index is 0.203. The normalized spacial score (nSPS) is 16.2. The molecule has 94 valence electrons. The standard InChI is InChI=1S/C13H18ClFN2/c1-2-5-17(12-7-16-8-12)9-10-3-4-11(14)6-13(10)15/h3-4,6,12,16H,2,5,7-9H2,1H3. The van der Waals surface area contributed by atoms with Crippen LogP contribution in [0, 0.1) is 5.82 Å². The highest BCUT2D eigenvalue weighted by Crippen LogP contribution is 2.18. The van der Waals surface area contributed by atoms with E-state index in [0.717, 1.165) is 31.6 Å². The minimum Gasteiger partial charge on any atom is -0.314 e. The Morgan fingerprint density at radius 1 is 1.47 bits per heavy atom. The molecule has 0 bridgehead atoms. The first-order chi connectivity index (χ1) is 8.20. The number of nitrogens with one attached hydrogen (secondary N) is 1. The molecule has 0 aromatic heterocycles. The number of nitrogens with zero attached hydrogens (tertiary/aromatic N) is 1. The summed E-state index contributed by atoms with van der Waals surface area (Å²) in [4.78, 5) is 2.34. The summed E-state index contributed by atoms with van der Waals surface area (Å²) in [5.41, 5.74) is 0.731. The topological polar surface area (TPSA) is 15.3 Å². The van der Waals surface area contributed by atoms with Gasteiger partial charge in [-0.05, 0) is 25.1 Å². The SMILES string of the molecule is CCCN(Cc1ccc(Cl)cc1F)C1CNC1. The van der Waals surface area contributed by atoms with Gasteiger partial charge in [0.15, 0.2) is 0 Å². The number of halogens is 2. The van der Waals surface area contributed by atoms with Crippen LogP contribution in [0.25, 0.3) is 0 Å². The molecule has 1 aliphatic rings. The zero-order valence-electron chi connectivity index (χ0n) is 10.0. The van der Waals surface area contributed by atoms with Gasteiger partial charge in [-0.3, -0.25) is 4.90 Å². The fourth-order valence-electron chi connectivity index (χ4n) is 2.08. The molecule has 0 radical (unpaired) electrons. The lowest BCUT2D eigenvalue weighted by molar-refractivity contribution is 0.136. The molecule has 17 heavy (non-hydrogen) atoms. The second-order valence-corrected chi connectivity index (χ2v) is 4.95. The van der Waals surface area contributed by atoms with Crippen LogP contribution < -0.4 is 5.32 Å². The van der Waals surface area contributed by atoms with Crippen molar-refractivity contribution in [2.24, 2.45) is 0 Å². The van der Waals surface area contributed by atoms with Crippen LogP contribution in [0.15, 0.2) is 18.2 Å². The van der Waals surface area contributed by atoms with Crippen LogP contribution in [0.4, 0.5) is 4.39 Å².